The van der Waals surface area contributed by atoms with E-state index in [1.165, 1.54) is 0 Å². The summed E-state index contributed by atoms with van der Waals surface area (Å²) in [5.41, 5.74) is 1.95. The second-order valence-corrected chi connectivity index (χ2v) is 5.54. The summed E-state index contributed by atoms with van der Waals surface area (Å²) in [6, 6.07) is 7.88. The molecule has 0 atom stereocenters. The molecule has 1 aromatic heterocycles. The number of hydrogen-bond donors (Lipinski definition) is 1. The first-order valence-electron chi connectivity index (χ1n) is 6.95. The number of anilines is 2. The Balaban J connectivity index is 1.95. The molecular weight excluding hydrogens is 332 g/mol. The number of hydrogen-bond acceptors (Lipinski definition) is 3. The van der Waals surface area contributed by atoms with Crippen molar-refractivity contribution < 1.29 is 4.79 Å². The SMILES string of the molecule is CCN(CC)c1ccc(NC(=O)Cn2cc(Br)cn2)cc1. The van der Waals surface area contributed by atoms with Crippen LogP contribution in [0.1, 0.15) is 13.8 Å². The van der Waals surface area contributed by atoms with Crippen LogP contribution in [0.25, 0.3) is 0 Å². The van der Waals surface area contributed by atoms with E-state index in [1.54, 1.807) is 17.1 Å². The first kappa shape index (κ1) is 15.6. The van der Waals surface area contributed by atoms with Crippen LogP contribution in [0.3, 0.4) is 0 Å². The Kier molecular flexibility index (Phi) is 5.38. The van der Waals surface area contributed by atoms with Crippen LogP contribution >= 0.6 is 15.9 Å². The number of carbonyl (C=O) groups is 1. The topological polar surface area (TPSA) is 50.2 Å². The van der Waals surface area contributed by atoms with Gasteiger partial charge in [-0.1, -0.05) is 0 Å². The van der Waals surface area contributed by atoms with E-state index in [2.05, 4.69) is 45.1 Å². The lowest BCUT2D eigenvalue weighted by Crippen LogP contribution is -2.22. The van der Waals surface area contributed by atoms with Gasteiger partial charge in [-0.2, -0.15) is 5.10 Å². The fourth-order valence-corrected chi connectivity index (χ4v) is 2.44. The first-order valence-corrected chi connectivity index (χ1v) is 7.74. The van der Waals surface area contributed by atoms with Gasteiger partial charge in [0.2, 0.25) is 5.91 Å². The Bertz CT molecular complexity index is 590. The summed E-state index contributed by atoms with van der Waals surface area (Å²) in [6.07, 6.45) is 3.43. The third kappa shape index (κ3) is 4.32. The average molecular weight is 351 g/mol. The number of halogens is 1. The Morgan fingerprint density at radius 3 is 2.48 bits per heavy atom. The number of amides is 1. The van der Waals surface area contributed by atoms with Gasteiger partial charge in [0.15, 0.2) is 0 Å². The molecule has 112 valence electrons. The predicted molar refractivity (Wildman–Crippen MR) is 88.6 cm³/mol. The average Bonchev–Trinajstić information content (AvgIpc) is 2.87. The Morgan fingerprint density at radius 1 is 1.29 bits per heavy atom. The number of carbonyl (C=O) groups excluding carboxylic acids is 1. The maximum Gasteiger partial charge on any atom is 0.246 e. The third-order valence-electron chi connectivity index (χ3n) is 3.19. The monoisotopic (exact) mass is 350 g/mol. The normalized spacial score (nSPS) is 10.4. The number of nitrogens with zero attached hydrogens (tertiary/aromatic N) is 3. The highest BCUT2D eigenvalue weighted by Crippen LogP contribution is 2.17. The lowest BCUT2D eigenvalue weighted by molar-refractivity contribution is -0.116. The lowest BCUT2D eigenvalue weighted by atomic mass is 10.2. The quantitative estimate of drug-likeness (QED) is 0.870. The van der Waals surface area contributed by atoms with Crippen molar-refractivity contribution in [1.29, 1.82) is 0 Å². The first-order chi connectivity index (χ1) is 10.1. The predicted octanol–water partition coefficient (Wildman–Crippen LogP) is 3.13. The summed E-state index contributed by atoms with van der Waals surface area (Å²) in [5, 5.41) is 6.93. The summed E-state index contributed by atoms with van der Waals surface area (Å²) in [6.45, 7) is 6.39. The zero-order valence-corrected chi connectivity index (χ0v) is 13.8. The summed E-state index contributed by atoms with van der Waals surface area (Å²) < 4.78 is 2.45. The van der Waals surface area contributed by atoms with E-state index in [-0.39, 0.29) is 12.5 Å². The van der Waals surface area contributed by atoms with E-state index in [0.29, 0.717) is 0 Å². The zero-order valence-electron chi connectivity index (χ0n) is 12.2. The molecule has 1 amide bonds. The van der Waals surface area contributed by atoms with Crippen molar-refractivity contribution in [3.63, 3.8) is 0 Å². The van der Waals surface area contributed by atoms with E-state index < -0.39 is 0 Å². The lowest BCUT2D eigenvalue weighted by Gasteiger charge is -2.21. The fourth-order valence-electron chi connectivity index (χ4n) is 2.12. The highest BCUT2D eigenvalue weighted by Gasteiger charge is 2.06. The van der Waals surface area contributed by atoms with Crippen molar-refractivity contribution in [1.82, 2.24) is 9.78 Å². The minimum Gasteiger partial charge on any atom is -0.372 e. The van der Waals surface area contributed by atoms with Gasteiger partial charge < -0.3 is 10.2 Å². The van der Waals surface area contributed by atoms with Crippen LogP contribution in [0.15, 0.2) is 41.1 Å². The largest absolute Gasteiger partial charge is 0.372 e. The molecule has 0 aliphatic carbocycles. The Hall–Kier alpha value is -1.82. The Labute approximate surface area is 133 Å². The molecule has 6 heteroatoms. The van der Waals surface area contributed by atoms with Crippen molar-refractivity contribution in [3.8, 4) is 0 Å². The molecule has 2 rings (SSSR count). The maximum absolute atomic E-state index is 11.9. The molecule has 5 nitrogen and oxygen atoms in total. The van der Waals surface area contributed by atoms with E-state index in [0.717, 1.165) is 28.9 Å². The molecule has 1 aromatic carbocycles. The van der Waals surface area contributed by atoms with Crippen molar-refractivity contribution in [3.05, 3.63) is 41.1 Å². The van der Waals surface area contributed by atoms with Crippen molar-refractivity contribution in [2.75, 3.05) is 23.3 Å². The van der Waals surface area contributed by atoms with E-state index in [4.69, 9.17) is 0 Å². The van der Waals surface area contributed by atoms with Crippen LogP contribution in [-0.4, -0.2) is 28.8 Å². The molecule has 0 bridgehead atoms. The second kappa shape index (κ2) is 7.26. The van der Waals surface area contributed by atoms with Gasteiger partial charge in [0.1, 0.15) is 6.54 Å². The minimum atomic E-state index is -0.0961. The van der Waals surface area contributed by atoms with Crippen LogP contribution in [0.4, 0.5) is 11.4 Å². The number of nitrogens with one attached hydrogen (secondary N) is 1. The smallest absolute Gasteiger partial charge is 0.246 e. The second-order valence-electron chi connectivity index (χ2n) is 4.62. The summed E-state index contributed by atoms with van der Waals surface area (Å²) in [4.78, 5) is 14.2. The molecule has 1 heterocycles. The molecular formula is C15H19BrN4O. The van der Waals surface area contributed by atoms with Gasteiger partial charge >= 0.3 is 0 Å². The maximum atomic E-state index is 11.9. The highest BCUT2D eigenvalue weighted by atomic mass is 79.9. The van der Waals surface area contributed by atoms with Crippen LogP contribution in [0.2, 0.25) is 0 Å². The van der Waals surface area contributed by atoms with Gasteiger partial charge in [0, 0.05) is 30.7 Å². The Morgan fingerprint density at radius 2 is 1.95 bits per heavy atom. The van der Waals surface area contributed by atoms with Crippen LogP contribution in [0.5, 0.6) is 0 Å². The third-order valence-corrected chi connectivity index (χ3v) is 3.60. The molecule has 0 unspecified atom stereocenters. The number of aromatic nitrogens is 2. The van der Waals surface area contributed by atoms with Gasteiger partial charge in [0.25, 0.3) is 0 Å². The van der Waals surface area contributed by atoms with Gasteiger partial charge in [-0.3, -0.25) is 9.48 Å². The van der Waals surface area contributed by atoms with Crippen molar-refractivity contribution in [2.45, 2.75) is 20.4 Å². The molecule has 0 radical (unpaired) electrons. The number of benzene rings is 1. The standard InChI is InChI=1S/C15H19BrN4O/c1-3-19(4-2)14-7-5-13(6-8-14)18-15(21)11-20-10-12(16)9-17-20/h5-10H,3-4,11H2,1-2H3,(H,18,21). The minimum absolute atomic E-state index is 0.0961. The molecule has 0 fully saturated rings. The van der Waals surface area contributed by atoms with Crippen LogP contribution < -0.4 is 10.2 Å². The van der Waals surface area contributed by atoms with Crippen LogP contribution in [-0.2, 0) is 11.3 Å². The van der Waals surface area contributed by atoms with E-state index >= 15 is 0 Å². The van der Waals surface area contributed by atoms with Gasteiger partial charge in [-0.05, 0) is 54.0 Å². The molecule has 0 saturated carbocycles. The fraction of sp³-hybridized carbons (Fsp3) is 0.333. The molecule has 1 N–H and O–H groups in total. The number of rotatable bonds is 6. The molecule has 0 spiro atoms. The van der Waals surface area contributed by atoms with E-state index in [9.17, 15) is 4.79 Å². The summed E-state index contributed by atoms with van der Waals surface area (Å²) >= 11 is 3.30. The van der Waals surface area contributed by atoms with Crippen molar-refractivity contribution >= 4 is 33.2 Å². The molecule has 0 aliphatic heterocycles. The molecule has 2 aromatic rings. The summed E-state index contributed by atoms with van der Waals surface area (Å²) in [5.74, 6) is -0.0961. The molecule has 0 saturated heterocycles. The van der Waals surface area contributed by atoms with Gasteiger partial charge in [-0.15, -0.1) is 0 Å². The van der Waals surface area contributed by atoms with Crippen molar-refractivity contribution in [2.24, 2.45) is 0 Å². The zero-order chi connectivity index (χ0) is 15.2. The molecule has 0 aliphatic rings. The molecule has 21 heavy (non-hydrogen) atoms. The summed E-state index contributed by atoms with van der Waals surface area (Å²) in [7, 11) is 0. The van der Waals surface area contributed by atoms with E-state index in [1.807, 2.05) is 24.3 Å². The highest BCUT2D eigenvalue weighted by molar-refractivity contribution is 9.10. The van der Waals surface area contributed by atoms with Gasteiger partial charge in [-0.25, -0.2) is 0 Å². The van der Waals surface area contributed by atoms with Gasteiger partial charge in [0.05, 0.1) is 10.7 Å². The van der Waals surface area contributed by atoms with Crippen LogP contribution in [0, 0.1) is 0 Å².